The number of aliphatic hydroxyl groups is 1. The minimum Gasteiger partial charge on any atom is -0.493 e. The fraction of sp³-hybridized carbons (Fsp3) is 0.500. The molecule has 2 aromatic carbocycles. The van der Waals surface area contributed by atoms with Gasteiger partial charge in [-0.2, -0.15) is 0 Å². The first-order valence-corrected chi connectivity index (χ1v) is 11.1. The summed E-state index contributed by atoms with van der Waals surface area (Å²) < 4.78 is 21.9. The lowest BCUT2D eigenvalue weighted by Gasteiger charge is -2.37. The molecule has 1 aliphatic heterocycles. The number of piperazine rings is 1. The van der Waals surface area contributed by atoms with Crippen molar-refractivity contribution in [1.82, 2.24) is 4.90 Å². The van der Waals surface area contributed by atoms with Crippen LogP contribution in [-0.4, -0.2) is 76.8 Å². The maximum absolute atomic E-state index is 10.5. The molecule has 1 fully saturated rings. The van der Waals surface area contributed by atoms with E-state index >= 15 is 0 Å². The molecule has 0 spiro atoms. The number of nitrogens with zero attached hydrogens (tertiary/aromatic N) is 2. The van der Waals surface area contributed by atoms with E-state index in [1.54, 1.807) is 21.3 Å². The zero-order valence-corrected chi connectivity index (χ0v) is 22.5. The smallest absolute Gasteiger partial charge is 0.203 e. The number of β-amino-alcohol motifs (C(OH)–C–C–N with tert-alkyl or cyclic N) is 1. The Bertz CT molecular complexity index is 870. The number of benzene rings is 2. The number of methoxy groups -OCH3 is 3. The van der Waals surface area contributed by atoms with Gasteiger partial charge in [-0.25, -0.2) is 0 Å². The van der Waals surface area contributed by atoms with Crippen LogP contribution in [0.4, 0.5) is 5.69 Å². The van der Waals surface area contributed by atoms with E-state index in [1.165, 1.54) is 11.3 Å². The van der Waals surface area contributed by atoms with Crippen molar-refractivity contribution in [2.45, 2.75) is 19.6 Å². The number of aliphatic hydroxyl groups excluding tert-OH is 1. The lowest BCUT2D eigenvalue weighted by atomic mass is 10.1. The first-order chi connectivity index (χ1) is 15.4. The number of aryl methyl sites for hydroxylation is 1. The highest BCUT2D eigenvalue weighted by Crippen LogP contribution is 2.38. The van der Waals surface area contributed by atoms with Gasteiger partial charge in [-0.1, -0.05) is 17.7 Å². The van der Waals surface area contributed by atoms with Crippen molar-refractivity contribution in [3.63, 3.8) is 0 Å². The number of rotatable bonds is 10. The number of ether oxygens (including phenoxy) is 4. The molecule has 0 radical (unpaired) electrons. The van der Waals surface area contributed by atoms with Crippen LogP contribution in [0.25, 0.3) is 0 Å². The predicted molar refractivity (Wildman–Crippen MR) is 141 cm³/mol. The number of halogens is 3. The molecule has 0 saturated carbocycles. The number of hydrogen-bond donors (Lipinski definition) is 1. The van der Waals surface area contributed by atoms with Gasteiger partial charge in [-0.05, 0) is 42.3 Å². The van der Waals surface area contributed by atoms with Gasteiger partial charge < -0.3 is 29.0 Å². The largest absolute Gasteiger partial charge is 0.493 e. The SMILES string of the molecule is COc1cc(COCC(O)CN2CCN(c3cc(Cl)ccc3C)CC2)cc(OC)c1OC.Cl.Cl. The zero-order valence-electron chi connectivity index (χ0n) is 20.1. The van der Waals surface area contributed by atoms with Crippen LogP contribution in [0, 0.1) is 6.92 Å². The first-order valence-electron chi connectivity index (χ1n) is 10.7. The van der Waals surface area contributed by atoms with Gasteiger partial charge in [0, 0.05) is 43.4 Å². The molecule has 1 unspecified atom stereocenters. The Labute approximate surface area is 219 Å². The van der Waals surface area contributed by atoms with Crippen molar-refractivity contribution in [2.24, 2.45) is 0 Å². The van der Waals surface area contributed by atoms with Gasteiger partial charge in [0.1, 0.15) is 0 Å². The highest BCUT2D eigenvalue weighted by molar-refractivity contribution is 6.30. The maximum Gasteiger partial charge on any atom is 0.203 e. The molecular weight excluding hydrogens is 503 g/mol. The molecule has 1 saturated heterocycles. The summed E-state index contributed by atoms with van der Waals surface area (Å²) in [5.74, 6) is 1.71. The van der Waals surface area contributed by atoms with Crippen molar-refractivity contribution in [2.75, 3.05) is 65.6 Å². The second kappa shape index (κ2) is 14.7. The van der Waals surface area contributed by atoms with Gasteiger partial charge in [0.15, 0.2) is 11.5 Å². The Morgan fingerprint density at radius 1 is 0.941 bits per heavy atom. The van der Waals surface area contributed by atoms with E-state index in [4.69, 9.17) is 30.5 Å². The first kappa shape index (κ1) is 30.4. The van der Waals surface area contributed by atoms with Crippen molar-refractivity contribution in [3.05, 3.63) is 46.5 Å². The van der Waals surface area contributed by atoms with E-state index < -0.39 is 6.10 Å². The third kappa shape index (κ3) is 7.97. The van der Waals surface area contributed by atoms with Gasteiger partial charge in [-0.3, -0.25) is 4.90 Å². The summed E-state index contributed by atoms with van der Waals surface area (Å²) >= 11 is 6.17. The fourth-order valence-electron chi connectivity index (χ4n) is 3.98. The minimum atomic E-state index is -0.559. The molecule has 1 atom stereocenters. The monoisotopic (exact) mass is 536 g/mol. The summed E-state index contributed by atoms with van der Waals surface area (Å²) in [6, 6.07) is 9.71. The molecule has 7 nitrogen and oxygen atoms in total. The molecular formula is C24H35Cl3N2O5. The summed E-state index contributed by atoms with van der Waals surface area (Å²) in [5.41, 5.74) is 3.30. The highest BCUT2D eigenvalue weighted by Gasteiger charge is 2.21. The maximum atomic E-state index is 10.5. The van der Waals surface area contributed by atoms with E-state index in [2.05, 4.69) is 22.8 Å². The standard InChI is InChI=1S/C24H33ClN2O5.2ClH/c1-17-5-6-19(25)13-21(17)27-9-7-26(8-10-27)14-20(28)16-32-15-18-11-22(29-2)24(31-4)23(12-18)30-3;;/h5-6,11-13,20,28H,7-10,14-16H2,1-4H3;2*1H. The van der Waals surface area contributed by atoms with Crippen molar-refractivity contribution >= 4 is 42.1 Å². The van der Waals surface area contributed by atoms with Crippen molar-refractivity contribution < 1.29 is 24.1 Å². The van der Waals surface area contributed by atoms with Crippen LogP contribution in [-0.2, 0) is 11.3 Å². The summed E-state index contributed by atoms with van der Waals surface area (Å²) in [5, 5.41) is 11.2. The van der Waals surface area contributed by atoms with E-state index in [-0.39, 0.29) is 31.4 Å². The Kier molecular flexibility index (Phi) is 13.2. The molecule has 3 rings (SSSR count). The predicted octanol–water partition coefficient (Wildman–Crippen LogP) is 4.22. The second-order valence-electron chi connectivity index (χ2n) is 7.92. The van der Waals surface area contributed by atoms with E-state index in [9.17, 15) is 5.11 Å². The molecule has 10 heteroatoms. The molecule has 1 N–H and O–H groups in total. The summed E-state index contributed by atoms with van der Waals surface area (Å²) in [4.78, 5) is 4.62. The average Bonchev–Trinajstić information content (AvgIpc) is 2.80. The van der Waals surface area contributed by atoms with Crippen LogP contribution < -0.4 is 19.1 Å². The number of hydrogen-bond acceptors (Lipinski definition) is 7. The Morgan fingerprint density at radius 2 is 1.56 bits per heavy atom. The fourth-order valence-corrected chi connectivity index (χ4v) is 4.14. The molecule has 192 valence electrons. The third-order valence-electron chi connectivity index (χ3n) is 5.66. The van der Waals surface area contributed by atoms with E-state index in [0.717, 1.165) is 36.8 Å². The Morgan fingerprint density at radius 3 is 2.12 bits per heavy atom. The zero-order chi connectivity index (χ0) is 23.1. The van der Waals surface area contributed by atoms with Crippen LogP contribution in [0.15, 0.2) is 30.3 Å². The lowest BCUT2D eigenvalue weighted by Crippen LogP contribution is -2.49. The normalized spacial score (nSPS) is 14.6. The summed E-state index contributed by atoms with van der Waals surface area (Å²) in [6.45, 7) is 6.86. The number of anilines is 1. The van der Waals surface area contributed by atoms with Crippen LogP contribution in [0.2, 0.25) is 5.02 Å². The highest BCUT2D eigenvalue weighted by atomic mass is 35.5. The summed E-state index contributed by atoms with van der Waals surface area (Å²) in [6.07, 6.45) is -0.559. The minimum absolute atomic E-state index is 0. The molecule has 0 aromatic heterocycles. The molecule has 0 aliphatic carbocycles. The second-order valence-corrected chi connectivity index (χ2v) is 8.36. The van der Waals surface area contributed by atoms with Crippen LogP contribution in [0.5, 0.6) is 17.2 Å². The molecule has 1 heterocycles. The molecule has 2 aromatic rings. The van der Waals surface area contributed by atoms with Gasteiger partial charge in [0.05, 0.1) is 40.6 Å². The van der Waals surface area contributed by atoms with Crippen LogP contribution >= 0.6 is 36.4 Å². The molecule has 0 bridgehead atoms. The summed E-state index contributed by atoms with van der Waals surface area (Å²) in [7, 11) is 4.74. The molecule has 1 aliphatic rings. The Hall–Kier alpha value is -1.61. The third-order valence-corrected chi connectivity index (χ3v) is 5.89. The molecule has 34 heavy (non-hydrogen) atoms. The van der Waals surface area contributed by atoms with Gasteiger partial charge in [-0.15, -0.1) is 24.8 Å². The van der Waals surface area contributed by atoms with Crippen molar-refractivity contribution in [1.29, 1.82) is 0 Å². The van der Waals surface area contributed by atoms with Gasteiger partial charge >= 0.3 is 0 Å². The van der Waals surface area contributed by atoms with Crippen molar-refractivity contribution in [3.8, 4) is 17.2 Å². The van der Waals surface area contributed by atoms with Gasteiger partial charge in [0.2, 0.25) is 5.75 Å². The average molecular weight is 538 g/mol. The van der Waals surface area contributed by atoms with Crippen LogP contribution in [0.1, 0.15) is 11.1 Å². The quantitative estimate of drug-likeness (QED) is 0.487. The van der Waals surface area contributed by atoms with E-state index in [1.807, 2.05) is 24.3 Å². The van der Waals surface area contributed by atoms with E-state index in [0.29, 0.717) is 30.4 Å². The topological polar surface area (TPSA) is 63.6 Å². The lowest BCUT2D eigenvalue weighted by molar-refractivity contribution is 0.00905. The molecule has 0 amide bonds. The van der Waals surface area contributed by atoms with Gasteiger partial charge in [0.25, 0.3) is 0 Å². The van der Waals surface area contributed by atoms with Crippen LogP contribution in [0.3, 0.4) is 0 Å². The Balaban J connectivity index is 0.00000289.